The average Bonchev–Trinajstić information content (AvgIpc) is 2.67. The molecule has 1 aliphatic rings. The Morgan fingerprint density at radius 1 is 1.23 bits per heavy atom. The lowest BCUT2D eigenvalue weighted by Crippen LogP contribution is -2.54. The van der Waals surface area contributed by atoms with Crippen molar-refractivity contribution in [1.82, 2.24) is 9.80 Å². The molecule has 0 bridgehead atoms. The van der Waals surface area contributed by atoms with E-state index in [0.29, 0.717) is 19.6 Å². The van der Waals surface area contributed by atoms with Crippen molar-refractivity contribution in [2.75, 3.05) is 19.6 Å². The molecule has 6 nitrogen and oxygen atoms in total. The van der Waals surface area contributed by atoms with E-state index in [0.717, 1.165) is 18.4 Å². The maximum absolute atomic E-state index is 12.6. The van der Waals surface area contributed by atoms with Gasteiger partial charge in [0.25, 0.3) is 0 Å². The molecular formula is C20H31N3O3. The molecule has 2 amide bonds. The first-order valence-corrected chi connectivity index (χ1v) is 9.45. The Hall–Kier alpha value is -2.08. The van der Waals surface area contributed by atoms with Gasteiger partial charge >= 0.3 is 6.09 Å². The van der Waals surface area contributed by atoms with Crippen LogP contribution in [0.5, 0.6) is 0 Å². The van der Waals surface area contributed by atoms with E-state index in [1.807, 2.05) is 56.0 Å². The zero-order valence-electron chi connectivity index (χ0n) is 16.1. The molecule has 0 unspecified atom stereocenters. The van der Waals surface area contributed by atoms with Crippen LogP contribution in [0, 0.1) is 5.92 Å². The number of carbonyl (C=O) groups excluding carboxylic acids is 2. The maximum atomic E-state index is 12.6. The number of nitrogens with two attached hydrogens (primary N) is 1. The summed E-state index contributed by atoms with van der Waals surface area (Å²) in [6, 6.07) is 9.31. The number of hydrogen-bond acceptors (Lipinski definition) is 4. The van der Waals surface area contributed by atoms with E-state index < -0.39 is 6.04 Å². The van der Waals surface area contributed by atoms with Gasteiger partial charge in [0, 0.05) is 25.7 Å². The van der Waals surface area contributed by atoms with Crippen LogP contribution < -0.4 is 5.73 Å². The first kappa shape index (κ1) is 20.2. The van der Waals surface area contributed by atoms with Gasteiger partial charge in [0.15, 0.2) is 0 Å². The molecule has 1 aromatic carbocycles. The van der Waals surface area contributed by atoms with E-state index in [9.17, 15) is 9.59 Å². The van der Waals surface area contributed by atoms with Crippen molar-refractivity contribution in [3.63, 3.8) is 0 Å². The second kappa shape index (κ2) is 9.57. The number of amides is 2. The zero-order valence-corrected chi connectivity index (χ0v) is 16.1. The molecule has 26 heavy (non-hydrogen) atoms. The Labute approximate surface area is 156 Å². The molecule has 0 aromatic heterocycles. The van der Waals surface area contributed by atoms with E-state index in [4.69, 9.17) is 10.5 Å². The highest BCUT2D eigenvalue weighted by molar-refractivity contribution is 5.82. The number of nitrogens with zero attached hydrogens (tertiary/aromatic N) is 2. The second-order valence-corrected chi connectivity index (χ2v) is 7.15. The molecule has 1 heterocycles. The molecule has 1 aliphatic heterocycles. The van der Waals surface area contributed by atoms with Gasteiger partial charge in [-0.25, -0.2) is 4.79 Å². The third-order valence-corrected chi connectivity index (χ3v) is 5.00. The molecule has 1 atom stereocenters. The fourth-order valence-corrected chi connectivity index (χ4v) is 3.24. The van der Waals surface area contributed by atoms with Crippen LogP contribution in [0.25, 0.3) is 0 Å². The Morgan fingerprint density at radius 2 is 1.85 bits per heavy atom. The van der Waals surface area contributed by atoms with Crippen molar-refractivity contribution in [2.24, 2.45) is 11.7 Å². The van der Waals surface area contributed by atoms with Gasteiger partial charge in [0.2, 0.25) is 5.91 Å². The van der Waals surface area contributed by atoms with Crippen molar-refractivity contribution in [3.05, 3.63) is 35.9 Å². The number of likely N-dealkylation sites (tertiary alicyclic amines) is 1. The van der Waals surface area contributed by atoms with Crippen LogP contribution in [0.15, 0.2) is 30.3 Å². The predicted molar refractivity (Wildman–Crippen MR) is 101 cm³/mol. The summed E-state index contributed by atoms with van der Waals surface area (Å²) in [5, 5.41) is 0. The Morgan fingerprint density at radius 3 is 2.38 bits per heavy atom. The summed E-state index contributed by atoms with van der Waals surface area (Å²) in [6.45, 7) is 8.01. The molecule has 2 rings (SSSR count). The summed E-state index contributed by atoms with van der Waals surface area (Å²) in [5.41, 5.74) is 7.01. The minimum atomic E-state index is -0.469. The van der Waals surface area contributed by atoms with Crippen LogP contribution in [-0.2, 0) is 16.1 Å². The zero-order chi connectivity index (χ0) is 19.1. The first-order valence-electron chi connectivity index (χ1n) is 9.45. The third kappa shape index (κ3) is 5.21. The second-order valence-electron chi connectivity index (χ2n) is 7.15. The summed E-state index contributed by atoms with van der Waals surface area (Å²) >= 11 is 0. The van der Waals surface area contributed by atoms with Gasteiger partial charge in [-0.3, -0.25) is 4.79 Å². The fourth-order valence-electron chi connectivity index (χ4n) is 3.24. The van der Waals surface area contributed by atoms with Gasteiger partial charge in [-0.05, 0) is 31.2 Å². The number of piperidine rings is 1. The Balaban J connectivity index is 1.83. The Bertz CT molecular complexity index is 583. The molecule has 0 radical (unpaired) electrons. The van der Waals surface area contributed by atoms with Gasteiger partial charge < -0.3 is 20.3 Å². The van der Waals surface area contributed by atoms with Crippen LogP contribution in [0.4, 0.5) is 4.79 Å². The molecule has 2 N–H and O–H groups in total. The first-order chi connectivity index (χ1) is 12.4. The van der Waals surface area contributed by atoms with E-state index in [1.54, 1.807) is 4.90 Å². The van der Waals surface area contributed by atoms with Crippen molar-refractivity contribution in [3.8, 4) is 0 Å². The molecule has 0 saturated carbocycles. The van der Waals surface area contributed by atoms with Crippen LogP contribution >= 0.6 is 0 Å². The molecule has 0 aliphatic carbocycles. The number of carbonyl (C=O) groups is 2. The smallest absolute Gasteiger partial charge is 0.410 e. The number of hydrogen-bond donors (Lipinski definition) is 1. The van der Waals surface area contributed by atoms with Crippen LogP contribution in [0.3, 0.4) is 0 Å². The van der Waals surface area contributed by atoms with Crippen molar-refractivity contribution >= 4 is 12.0 Å². The topological polar surface area (TPSA) is 75.9 Å². The number of ether oxygens (including phenoxy) is 1. The molecule has 1 aromatic rings. The fraction of sp³-hybridized carbons (Fsp3) is 0.600. The SMILES string of the molecule is CCN(C(=O)[C@@H](N)C(C)C)C1CCN(C(=O)OCc2ccccc2)CC1. The summed E-state index contributed by atoms with van der Waals surface area (Å²) in [7, 11) is 0. The molecule has 0 spiro atoms. The third-order valence-electron chi connectivity index (χ3n) is 5.00. The standard InChI is InChI=1S/C20H31N3O3/c1-4-23(19(24)18(21)15(2)3)17-10-12-22(13-11-17)20(25)26-14-16-8-6-5-7-9-16/h5-9,15,17-18H,4,10-14,21H2,1-3H3/t18-/m0/s1. The molecule has 6 heteroatoms. The minimum absolute atomic E-state index is 0.00704. The van der Waals surface area contributed by atoms with Gasteiger partial charge in [-0.1, -0.05) is 44.2 Å². The normalized spacial score (nSPS) is 16.4. The summed E-state index contributed by atoms with van der Waals surface area (Å²) < 4.78 is 5.39. The van der Waals surface area contributed by atoms with Crippen molar-refractivity contribution in [1.29, 1.82) is 0 Å². The van der Waals surface area contributed by atoms with Crippen LogP contribution in [0.1, 0.15) is 39.2 Å². The van der Waals surface area contributed by atoms with E-state index in [-0.39, 0.29) is 30.6 Å². The number of rotatable bonds is 6. The van der Waals surface area contributed by atoms with Crippen molar-refractivity contribution < 1.29 is 14.3 Å². The number of likely N-dealkylation sites (N-methyl/N-ethyl adjacent to an activating group) is 1. The van der Waals surface area contributed by atoms with Gasteiger partial charge in [-0.15, -0.1) is 0 Å². The summed E-state index contributed by atoms with van der Waals surface area (Å²) in [5.74, 6) is 0.122. The summed E-state index contributed by atoms with van der Waals surface area (Å²) in [4.78, 5) is 28.4. The van der Waals surface area contributed by atoms with E-state index in [1.165, 1.54) is 0 Å². The Kier molecular flexibility index (Phi) is 7.45. The average molecular weight is 361 g/mol. The number of benzene rings is 1. The lowest BCUT2D eigenvalue weighted by molar-refractivity contribution is -0.136. The van der Waals surface area contributed by atoms with Gasteiger partial charge in [0.1, 0.15) is 6.61 Å². The van der Waals surface area contributed by atoms with Crippen LogP contribution in [-0.4, -0.2) is 53.5 Å². The van der Waals surface area contributed by atoms with Gasteiger partial charge in [0.05, 0.1) is 6.04 Å². The minimum Gasteiger partial charge on any atom is -0.445 e. The lowest BCUT2D eigenvalue weighted by Gasteiger charge is -2.39. The monoisotopic (exact) mass is 361 g/mol. The van der Waals surface area contributed by atoms with Gasteiger partial charge in [-0.2, -0.15) is 0 Å². The molecular weight excluding hydrogens is 330 g/mol. The van der Waals surface area contributed by atoms with Crippen LogP contribution in [0.2, 0.25) is 0 Å². The largest absolute Gasteiger partial charge is 0.445 e. The summed E-state index contributed by atoms with van der Waals surface area (Å²) in [6.07, 6.45) is 1.22. The molecule has 1 fully saturated rings. The quantitative estimate of drug-likeness (QED) is 0.845. The highest BCUT2D eigenvalue weighted by Gasteiger charge is 2.32. The molecule has 144 valence electrons. The molecule has 1 saturated heterocycles. The lowest BCUT2D eigenvalue weighted by atomic mass is 9.99. The predicted octanol–water partition coefficient (Wildman–Crippen LogP) is 2.62. The maximum Gasteiger partial charge on any atom is 0.410 e. The highest BCUT2D eigenvalue weighted by atomic mass is 16.6. The highest BCUT2D eigenvalue weighted by Crippen LogP contribution is 2.19. The van der Waals surface area contributed by atoms with E-state index >= 15 is 0 Å². The van der Waals surface area contributed by atoms with Crippen molar-refractivity contribution in [2.45, 2.75) is 52.3 Å². The van der Waals surface area contributed by atoms with E-state index in [2.05, 4.69) is 0 Å².